The molecule has 0 spiro atoms. The van der Waals surface area contributed by atoms with E-state index in [0.29, 0.717) is 6.08 Å². The highest BCUT2D eigenvalue weighted by Crippen LogP contribution is 2.38. The van der Waals surface area contributed by atoms with Crippen LogP contribution in [0, 0.1) is 0 Å². The lowest BCUT2D eigenvalue weighted by molar-refractivity contribution is -0.194. The van der Waals surface area contributed by atoms with Crippen molar-refractivity contribution in [3.8, 4) is 0 Å². The molecular weight excluding hydrogens is 260 g/mol. The standard InChI is InChI=1S/C6H6F4O5S/c1-2-4(11)15-3-5(7,8)6(9,10)16(12,13)14/h2H,1,3H2,(H,12,13,14). The van der Waals surface area contributed by atoms with Gasteiger partial charge in [-0.1, -0.05) is 6.58 Å². The van der Waals surface area contributed by atoms with Crippen LogP contribution < -0.4 is 0 Å². The largest absolute Gasteiger partial charge is 0.456 e. The molecule has 0 aromatic rings. The first kappa shape index (κ1) is 14.8. The number of rotatable bonds is 5. The molecule has 0 heterocycles. The predicted octanol–water partition coefficient (Wildman–Crippen LogP) is 0.831. The summed E-state index contributed by atoms with van der Waals surface area (Å²) in [4.78, 5) is 10.3. The Balaban J connectivity index is 4.92. The molecule has 0 saturated heterocycles. The van der Waals surface area contributed by atoms with Crippen molar-refractivity contribution in [1.82, 2.24) is 0 Å². The normalized spacial score (nSPS) is 13.3. The molecule has 0 aromatic carbocycles. The highest BCUT2D eigenvalue weighted by Gasteiger charge is 2.66. The van der Waals surface area contributed by atoms with E-state index in [1.807, 2.05) is 0 Å². The summed E-state index contributed by atoms with van der Waals surface area (Å²) in [6.07, 6.45) is 0.418. The van der Waals surface area contributed by atoms with Crippen molar-refractivity contribution in [1.29, 1.82) is 0 Å². The first-order valence-electron chi connectivity index (χ1n) is 3.47. The van der Waals surface area contributed by atoms with Crippen LogP contribution in [0.4, 0.5) is 17.6 Å². The monoisotopic (exact) mass is 266 g/mol. The van der Waals surface area contributed by atoms with E-state index in [2.05, 4.69) is 11.3 Å². The van der Waals surface area contributed by atoms with Gasteiger partial charge in [0.05, 0.1) is 0 Å². The third kappa shape index (κ3) is 2.92. The molecule has 5 nitrogen and oxygen atoms in total. The summed E-state index contributed by atoms with van der Waals surface area (Å²) in [6, 6.07) is 0. The Morgan fingerprint density at radius 1 is 1.38 bits per heavy atom. The smallest absolute Gasteiger partial charge is 0.435 e. The molecule has 0 atom stereocenters. The summed E-state index contributed by atoms with van der Waals surface area (Å²) in [7, 11) is -6.32. The van der Waals surface area contributed by atoms with Crippen molar-refractivity contribution in [3.63, 3.8) is 0 Å². The summed E-state index contributed by atoms with van der Waals surface area (Å²) >= 11 is 0. The minimum absolute atomic E-state index is 0.418. The molecule has 0 amide bonds. The van der Waals surface area contributed by atoms with Gasteiger partial charge in [0.25, 0.3) is 0 Å². The molecule has 0 aliphatic carbocycles. The number of hydrogen-bond acceptors (Lipinski definition) is 4. The van der Waals surface area contributed by atoms with E-state index in [1.54, 1.807) is 0 Å². The van der Waals surface area contributed by atoms with Gasteiger partial charge in [-0.15, -0.1) is 0 Å². The van der Waals surface area contributed by atoms with Crippen LogP contribution in [0.5, 0.6) is 0 Å². The molecule has 0 aliphatic heterocycles. The van der Waals surface area contributed by atoms with Gasteiger partial charge in [0, 0.05) is 6.08 Å². The van der Waals surface area contributed by atoms with Gasteiger partial charge in [0.2, 0.25) is 0 Å². The van der Waals surface area contributed by atoms with Gasteiger partial charge in [-0.2, -0.15) is 26.0 Å². The van der Waals surface area contributed by atoms with Gasteiger partial charge < -0.3 is 4.74 Å². The van der Waals surface area contributed by atoms with Crippen molar-refractivity contribution in [2.75, 3.05) is 6.61 Å². The number of ether oxygens (including phenoxy) is 1. The molecule has 0 fully saturated rings. The molecule has 10 heteroatoms. The molecule has 0 radical (unpaired) electrons. The Kier molecular flexibility index (Phi) is 4.06. The number of alkyl halides is 4. The van der Waals surface area contributed by atoms with Crippen LogP contribution in [0.3, 0.4) is 0 Å². The second-order valence-electron chi connectivity index (χ2n) is 2.51. The Morgan fingerprint density at radius 3 is 2.12 bits per heavy atom. The minimum atomic E-state index is -6.32. The maximum atomic E-state index is 12.6. The number of halogens is 4. The fraction of sp³-hybridized carbons (Fsp3) is 0.500. The summed E-state index contributed by atoms with van der Waals surface area (Å²) in [5, 5.41) is -5.75. The first-order valence-corrected chi connectivity index (χ1v) is 4.91. The van der Waals surface area contributed by atoms with Crippen molar-refractivity contribution in [3.05, 3.63) is 12.7 Å². The van der Waals surface area contributed by atoms with E-state index in [9.17, 15) is 30.8 Å². The Morgan fingerprint density at radius 2 is 1.81 bits per heavy atom. The summed E-state index contributed by atoms with van der Waals surface area (Å²) < 4.78 is 81.5. The summed E-state index contributed by atoms with van der Waals surface area (Å²) in [6.45, 7) is 0.594. The van der Waals surface area contributed by atoms with Crippen LogP contribution in [0.2, 0.25) is 0 Å². The van der Waals surface area contributed by atoms with E-state index in [4.69, 9.17) is 4.55 Å². The van der Waals surface area contributed by atoms with Crippen molar-refractivity contribution >= 4 is 16.1 Å². The van der Waals surface area contributed by atoms with Crippen LogP contribution in [0.15, 0.2) is 12.7 Å². The second kappa shape index (κ2) is 4.37. The van der Waals surface area contributed by atoms with Crippen LogP contribution in [0.1, 0.15) is 0 Å². The first-order chi connectivity index (χ1) is 6.95. The molecule has 0 saturated carbocycles. The quantitative estimate of drug-likeness (QED) is 0.345. The Bertz CT molecular complexity index is 388. The average molecular weight is 266 g/mol. The van der Waals surface area contributed by atoms with Crippen molar-refractivity contribution in [2.45, 2.75) is 11.2 Å². The minimum Gasteiger partial charge on any atom is -0.456 e. The zero-order valence-corrected chi connectivity index (χ0v) is 8.31. The topological polar surface area (TPSA) is 80.7 Å². The molecule has 94 valence electrons. The van der Waals surface area contributed by atoms with E-state index in [0.717, 1.165) is 0 Å². The number of carbonyl (C=O) groups is 1. The van der Waals surface area contributed by atoms with E-state index >= 15 is 0 Å². The van der Waals surface area contributed by atoms with Crippen molar-refractivity contribution < 1.29 is 40.1 Å². The van der Waals surface area contributed by atoms with Gasteiger partial charge in [0.1, 0.15) is 0 Å². The maximum absolute atomic E-state index is 12.6. The third-order valence-corrected chi connectivity index (χ3v) is 2.26. The SMILES string of the molecule is C=CC(=O)OCC(F)(F)C(F)(F)S(=O)(=O)O. The summed E-state index contributed by atoms with van der Waals surface area (Å²) in [5.74, 6) is -6.69. The molecule has 0 unspecified atom stereocenters. The van der Waals surface area contributed by atoms with Gasteiger partial charge in [-0.3, -0.25) is 4.55 Å². The molecule has 16 heavy (non-hydrogen) atoms. The zero-order valence-electron chi connectivity index (χ0n) is 7.49. The second-order valence-corrected chi connectivity index (χ2v) is 3.97. The lowest BCUT2D eigenvalue weighted by Crippen LogP contribution is -2.49. The van der Waals surface area contributed by atoms with Crippen LogP contribution >= 0.6 is 0 Å². The zero-order chi connectivity index (χ0) is 13.2. The fourth-order valence-electron chi connectivity index (χ4n) is 0.493. The Hall–Kier alpha value is -1.16. The predicted molar refractivity (Wildman–Crippen MR) is 42.6 cm³/mol. The molecule has 0 rings (SSSR count). The van der Waals surface area contributed by atoms with E-state index in [-0.39, 0.29) is 0 Å². The van der Waals surface area contributed by atoms with Gasteiger partial charge >= 0.3 is 27.3 Å². The third-order valence-electron chi connectivity index (χ3n) is 1.31. The summed E-state index contributed by atoms with van der Waals surface area (Å²) in [5.41, 5.74) is 0. The van der Waals surface area contributed by atoms with Gasteiger partial charge in [0.15, 0.2) is 6.61 Å². The van der Waals surface area contributed by atoms with Gasteiger partial charge in [-0.25, -0.2) is 4.79 Å². The number of carbonyl (C=O) groups excluding carboxylic acids is 1. The lowest BCUT2D eigenvalue weighted by atomic mass is 10.4. The van der Waals surface area contributed by atoms with Crippen LogP contribution in [-0.4, -0.2) is 36.7 Å². The molecular formula is C6H6F4O5S. The molecule has 1 N–H and O–H groups in total. The van der Waals surface area contributed by atoms with E-state index < -0.39 is 33.9 Å². The van der Waals surface area contributed by atoms with E-state index in [1.165, 1.54) is 0 Å². The van der Waals surface area contributed by atoms with Gasteiger partial charge in [-0.05, 0) is 0 Å². The number of hydrogen-bond donors (Lipinski definition) is 1. The van der Waals surface area contributed by atoms with Crippen LogP contribution in [0.25, 0.3) is 0 Å². The average Bonchev–Trinajstić information content (AvgIpc) is 2.12. The molecule has 0 bridgehead atoms. The maximum Gasteiger partial charge on any atom is 0.435 e. The van der Waals surface area contributed by atoms with Crippen molar-refractivity contribution in [2.24, 2.45) is 0 Å². The number of esters is 1. The highest BCUT2D eigenvalue weighted by atomic mass is 32.2. The highest BCUT2D eigenvalue weighted by molar-refractivity contribution is 7.87. The van der Waals surface area contributed by atoms with Crippen LogP contribution in [-0.2, 0) is 19.6 Å². The fourth-order valence-corrected chi connectivity index (χ4v) is 0.930. The molecule has 0 aliphatic rings. The molecule has 0 aromatic heterocycles. The Labute approximate surface area is 87.4 Å². The lowest BCUT2D eigenvalue weighted by Gasteiger charge is -2.22.